The summed E-state index contributed by atoms with van der Waals surface area (Å²) in [6.45, 7) is 1.85. The minimum Gasteiger partial charge on any atom is -0.354 e. The Hall–Kier alpha value is -1.66. The van der Waals surface area contributed by atoms with Crippen molar-refractivity contribution in [2.75, 3.05) is 0 Å². The maximum absolute atomic E-state index is 13.6. The highest BCUT2D eigenvalue weighted by Crippen LogP contribution is 2.24. The monoisotopic (exact) mass is 250 g/mol. The first-order valence-corrected chi connectivity index (χ1v) is 5.77. The summed E-state index contributed by atoms with van der Waals surface area (Å²) in [5.74, 6) is -1.14. The molecule has 3 heteroatoms. The molecular weight excluding hydrogens is 234 g/mol. The third-order valence-corrected chi connectivity index (χ3v) is 2.34. The first kappa shape index (κ1) is 14.4. The molecule has 1 rings (SSSR count). The molecule has 0 bridgehead atoms. The van der Waals surface area contributed by atoms with Gasteiger partial charge in [-0.25, -0.2) is 0 Å². The van der Waals surface area contributed by atoms with Crippen LogP contribution in [0.2, 0.25) is 0 Å². The van der Waals surface area contributed by atoms with E-state index in [9.17, 15) is 8.78 Å². The number of alkyl halides is 2. The van der Waals surface area contributed by atoms with E-state index in [0.29, 0.717) is 6.42 Å². The maximum Gasteiger partial charge on any atom is 0.303 e. The SMILES string of the molecule is C#CC(OCc1ccccc1)C(F)(F)C=CCC. The Morgan fingerprint density at radius 2 is 2.06 bits per heavy atom. The molecule has 0 aromatic heterocycles. The van der Waals surface area contributed by atoms with Gasteiger partial charge < -0.3 is 4.74 Å². The lowest BCUT2D eigenvalue weighted by Crippen LogP contribution is -2.32. The van der Waals surface area contributed by atoms with Crippen LogP contribution in [0.1, 0.15) is 18.9 Å². The van der Waals surface area contributed by atoms with E-state index < -0.39 is 12.0 Å². The predicted octanol–water partition coefficient (Wildman–Crippen LogP) is 3.81. The number of halogens is 2. The predicted molar refractivity (Wildman–Crippen MR) is 68.2 cm³/mol. The quantitative estimate of drug-likeness (QED) is 0.551. The molecule has 18 heavy (non-hydrogen) atoms. The minimum absolute atomic E-state index is 0.0747. The molecule has 0 aliphatic rings. The lowest BCUT2D eigenvalue weighted by atomic mass is 10.1. The van der Waals surface area contributed by atoms with Crippen LogP contribution in [0.5, 0.6) is 0 Å². The van der Waals surface area contributed by atoms with Crippen LogP contribution < -0.4 is 0 Å². The molecule has 1 aromatic rings. The molecule has 0 saturated carbocycles. The van der Waals surface area contributed by atoms with Crippen molar-refractivity contribution < 1.29 is 13.5 Å². The molecule has 0 spiro atoms. The van der Waals surface area contributed by atoms with Crippen LogP contribution in [0.15, 0.2) is 42.5 Å². The van der Waals surface area contributed by atoms with Gasteiger partial charge in [0.15, 0.2) is 6.10 Å². The Morgan fingerprint density at radius 3 is 2.61 bits per heavy atom. The van der Waals surface area contributed by atoms with Crippen LogP contribution >= 0.6 is 0 Å². The van der Waals surface area contributed by atoms with Gasteiger partial charge >= 0.3 is 5.92 Å². The van der Waals surface area contributed by atoms with Gasteiger partial charge in [0, 0.05) is 0 Å². The highest BCUT2D eigenvalue weighted by molar-refractivity contribution is 5.15. The molecule has 0 saturated heterocycles. The van der Waals surface area contributed by atoms with E-state index in [-0.39, 0.29) is 6.61 Å². The molecule has 0 amide bonds. The normalized spacial score (nSPS) is 13.4. The second-order valence-electron chi connectivity index (χ2n) is 3.83. The average Bonchev–Trinajstić information content (AvgIpc) is 2.38. The van der Waals surface area contributed by atoms with Crippen molar-refractivity contribution in [2.45, 2.75) is 32.0 Å². The van der Waals surface area contributed by atoms with E-state index in [1.807, 2.05) is 24.1 Å². The van der Waals surface area contributed by atoms with Gasteiger partial charge in [-0.1, -0.05) is 49.3 Å². The van der Waals surface area contributed by atoms with Crippen LogP contribution in [0.4, 0.5) is 8.78 Å². The lowest BCUT2D eigenvalue weighted by molar-refractivity contribution is -0.0831. The molecular formula is C15H16F2O. The molecule has 1 unspecified atom stereocenters. The summed E-state index contributed by atoms with van der Waals surface area (Å²) in [6.07, 6.45) is 6.29. The number of terminal acetylenes is 1. The number of benzene rings is 1. The number of hydrogen-bond acceptors (Lipinski definition) is 1. The van der Waals surface area contributed by atoms with Crippen molar-refractivity contribution in [3.8, 4) is 12.3 Å². The zero-order valence-corrected chi connectivity index (χ0v) is 10.3. The Labute approximate surface area is 106 Å². The summed E-state index contributed by atoms with van der Waals surface area (Å²) in [4.78, 5) is 0. The van der Waals surface area contributed by atoms with Crippen molar-refractivity contribution in [1.82, 2.24) is 0 Å². The lowest BCUT2D eigenvalue weighted by Gasteiger charge is -2.20. The Balaban J connectivity index is 2.63. The summed E-state index contributed by atoms with van der Waals surface area (Å²) >= 11 is 0. The summed E-state index contributed by atoms with van der Waals surface area (Å²) in [5, 5.41) is 0. The van der Waals surface area contributed by atoms with Gasteiger partial charge in [-0.3, -0.25) is 0 Å². The van der Waals surface area contributed by atoms with Crippen molar-refractivity contribution in [3.05, 3.63) is 48.0 Å². The first-order valence-electron chi connectivity index (χ1n) is 5.77. The van der Waals surface area contributed by atoms with Gasteiger partial charge in [0.1, 0.15) is 0 Å². The Bertz CT molecular complexity index is 418. The second kappa shape index (κ2) is 6.93. The third-order valence-electron chi connectivity index (χ3n) is 2.34. The van der Waals surface area contributed by atoms with Crippen molar-refractivity contribution in [3.63, 3.8) is 0 Å². The maximum atomic E-state index is 13.6. The van der Waals surface area contributed by atoms with Gasteiger partial charge in [-0.2, -0.15) is 8.78 Å². The van der Waals surface area contributed by atoms with Gasteiger partial charge in [0.25, 0.3) is 0 Å². The zero-order chi connectivity index (χ0) is 13.4. The largest absolute Gasteiger partial charge is 0.354 e. The molecule has 0 aliphatic heterocycles. The van der Waals surface area contributed by atoms with E-state index >= 15 is 0 Å². The fourth-order valence-corrected chi connectivity index (χ4v) is 1.39. The molecule has 0 N–H and O–H groups in total. The van der Waals surface area contributed by atoms with E-state index in [4.69, 9.17) is 11.2 Å². The Morgan fingerprint density at radius 1 is 1.39 bits per heavy atom. The summed E-state index contributed by atoms with van der Waals surface area (Å²) in [7, 11) is 0. The fraction of sp³-hybridized carbons (Fsp3) is 0.333. The van der Waals surface area contributed by atoms with Crippen molar-refractivity contribution >= 4 is 0 Å². The smallest absolute Gasteiger partial charge is 0.303 e. The standard InChI is InChI=1S/C15H16F2O/c1-3-5-11-15(16,17)14(4-2)18-12-13-9-7-6-8-10-13/h2,5-11,14H,3,12H2,1H3. The van der Waals surface area contributed by atoms with Gasteiger partial charge in [0.2, 0.25) is 0 Å². The highest BCUT2D eigenvalue weighted by atomic mass is 19.3. The number of rotatable bonds is 6. The third kappa shape index (κ3) is 4.31. The van der Waals surface area contributed by atoms with Crippen molar-refractivity contribution in [2.24, 2.45) is 0 Å². The average molecular weight is 250 g/mol. The molecule has 0 radical (unpaired) electrons. The molecule has 1 nitrogen and oxygen atoms in total. The molecule has 0 heterocycles. The minimum atomic E-state index is -3.14. The van der Waals surface area contributed by atoms with Gasteiger partial charge in [-0.05, 0) is 18.1 Å². The summed E-state index contributed by atoms with van der Waals surface area (Å²) in [6, 6.07) is 9.08. The molecule has 1 aromatic carbocycles. The molecule has 1 atom stereocenters. The molecule has 96 valence electrons. The second-order valence-corrected chi connectivity index (χ2v) is 3.83. The summed E-state index contributed by atoms with van der Waals surface area (Å²) in [5.41, 5.74) is 0.813. The van der Waals surface area contributed by atoms with E-state index in [2.05, 4.69) is 0 Å². The fourth-order valence-electron chi connectivity index (χ4n) is 1.39. The topological polar surface area (TPSA) is 9.23 Å². The number of hydrogen-bond donors (Lipinski definition) is 0. The number of ether oxygens (including phenoxy) is 1. The number of allylic oxidation sites excluding steroid dienone is 1. The first-order chi connectivity index (χ1) is 8.60. The Kier molecular flexibility index (Phi) is 5.54. The van der Waals surface area contributed by atoms with Gasteiger partial charge in [0.05, 0.1) is 6.61 Å². The molecule has 0 fully saturated rings. The zero-order valence-electron chi connectivity index (χ0n) is 10.3. The van der Waals surface area contributed by atoms with E-state index in [0.717, 1.165) is 11.6 Å². The van der Waals surface area contributed by atoms with E-state index in [1.54, 1.807) is 19.1 Å². The van der Waals surface area contributed by atoms with Crippen LogP contribution in [0.3, 0.4) is 0 Å². The van der Waals surface area contributed by atoms with Crippen LogP contribution in [-0.2, 0) is 11.3 Å². The van der Waals surface area contributed by atoms with Crippen molar-refractivity contribution in [1.29, 1.82) is 0 Å². The van der Waals surface area contributed by atoms with Crippen LogP contribution in [-0.4, -0.2) is 12.0 Å². The van der Waals surface area contributed by atoms with E-state index in [1.165, 1.54) is 6.08 Å². The van der Waals surface area contributed by atoms with Crippen LogP contribution in [0, 0.1) is 12.3 Å². The molecule has 0 aliphatic carbocycles. The van der Waals surface area contributed by atoms with Gasteiger partial charge in [-0.15, -0.1) is 6.42 Å². The highest BCUT2D eigenvalue weighted by Gasteiger charge is 2.36. The summed E-state index contributed by atoms with van der Waals surface area (Å²) < 4.78 is 32.3. The van der Waals surface area contributed by atoms with Crippen LogP contribution in [0.25, 0.3) is 0 Å².